The SMILES string of the molecule is CCC[C@@H](NC(=O)c1ccc(-c2nc([C@@H]3CC[C@@H](O)[C@H](F)C3)cnc2N)cc1F)c1cc(F)cc(Br)c1. The number of nitrogen functional groups attached to an aromatic ring is 1. The molecule has 4 rings (SSSR count). The van der Waals surface area contributed by atoms with Crippen molar-refractivity contribution in [2.24, 2.45) is 0 Å². The summed E-state index contributed by atoms with van der Waals surface area (Å²) in [6, 6.07) is 7.91. The maximum atomic E-state index is 15.1. The summed E-state index contributed by atoms with van der Waals surface area (Å²) < 4.78 is 43.6. The normalized spacial score (nSPS) is 20.4. The van der Waals surface area contributed by atoms with Crippen molar-refractivity contribution >= 4 is 27.7 Å². The van der Waals surface area contributed by atoms with Crippen molar-refractivity contribution in [3.63, 3.8) is 0 Å². The smallest absolute Gasteiger partial charge is 0.254 e. The highest BCUT2D eigenvalue weighted by atomic mass is 79.9. The second kappa shape index (κ2) is 11.6. The zero-order valence-corrected chi connectivity index (χ0v) is 21.8. The Labute approximate surface area is 221 Å². The van der Waals surface area contributed by atoms with Crippen LogP contribution in [0.15, 0.2) is 47.1 Å². The highest BCUT2D eigenvalue weighted by molar-refractivity contribution is 9.10. The molecule has 1 amide bonds. The van der Waals surface area contributed by atoms with Gasteiger partial charge in [0.15, 0.2) is 0 Å². The summed E-state index contributed by atoms with van der Waals surface area (Å²) in [6.45, 7) is 1.94. The van der Waals surface area contributed by atoms with Crippen molar-refractivity contribution in [3.05, 3.63) is 75.5 Å². The third kappa shape index (κ3) is 6.30. The topological polar surface area (TPSA) is 101 Å². The average molecular weight is 577 g/mol. The second-order valence-corrected chi connectivity index (χ2v) is 10.2. The number of nitrogens with zero attached hydrogens (tertiary/aromatic N) is 2. The summed E-state index contributed by atoms with van der Waals surface area (Å²) in [5.41, 5.74) is 7.49. The number of aliphatic hydroxyl groups excluding tert-OH is 1. The van der Waals surface area contributed by atoms with Gasteiger partial charge in [0.2, 0.25) is 0 Å². The van der Waals surface area contributed by atoms with E-state index in [0.29, 0.717) is 40.6 Å². The first-order chi connectivity index (χ1) is 17.7. The minimum atomic E-state index is -1.35. The van der Waals surface area contributed by atoms with Gasteiger partial charge in [-0.05, 0) is 61.6 Å². The van der Waals surface area contributed by atoms with E-state index in [2.05, 4.69) is 31.2 Å². The van der Waals surface area contributed by atoms with Gasteiger partial charge in [0.05, 0.1) is 29.6 Å². The maximum Gasteiger partial charge on any atom is 0.254 e. The maximum absolute atomic E-state index is 15.1. The van der Waals surface area contributed by atoms with Crippen molar-refractivity contribution in [3.8, 4) is 11.3 Å². The Morgan fingerprint density at radius 3 is 2.70 bits per heavy atom. The number of hydrogen-bond donors (Lipinski definition) is 3. The van der Waals surface area contributed by atoms with Gasteiger partial charge < -0.3 is 16.2 Å². The number of nitrogens with one attached hydrogen (secondary N) is 1. The molecule has 1 saturated carbocycles. The summed E-state index contributed by atoms with van der Waals surface area (Å²) in [4.78, 5) is 21.7. The van der Waals surface area contributed by atoms with E-state index in [1.165, 1.54) is 30.5 Å². The molecule has 0 unspecified atom stereocenters. The molecule has 0 radical (unpaired) electrons. The van der Waals surface area contributed by atoms with E-state index in [1.807, 2.05) is 6.92 Å². The molecular formula is C27H28BrF3N4O2. The monoisotopic (exact) mass is 576 g/mol. The molecule has 0 aliphatic heterocycles. The zero-order valence-electron chi connectivity index (χ0n) is 20.2. The fourth-order valence-electron chi connectivity index (χ4n) is 4.66. The van der Waals surface area contributed by atoms with E-state index in [1.54, 1.807) is 6.07 Å². The number of nitrogens with two attached hydrogens (primary N) is 1. The molecule has 0 saturated heterocycles. The lowest BCUT2D eigenvalue weighted by molar-refractivity contribution is 0.0363. The zero-order chi connectivity index (χ0) is 26.7. The second-order valence-electron chi connectivity index (χ2n) is 9.33. The third-order valence-corrected chi connectivity index (χ3v) is 7.09. The lowest BCUT2D eigenvalue weighted by Gasteiger charge is -2.28. The quantitative estimate of drug-likeness (QED) is 0.320. The number of halogens is 4. The van der Waals surface area contributed by atoms with Crippen LogP contribution in [0, 0.1) is 11.6 Å². The molecule has 1 heterocycles. The van der Waals surface area contributed by atoms with Crippen molar-refractivity contribution in [2.45, 2.75) is 63.3 Å². The Bertz CT molecular complexity index is 1270. The van der Waals surface area contributed by atoms with Gasteiger partial charge in [0.1, 0.15) is 29.3 Å². The Morgan fingerprint density at radius 1 is 1.24 bits per heavy atom. The van der Waals surface area contributed by atoms with E-state index in [-0.39, 0.29) is 29.4 Å². The number of aliphatic hydroxyl groups is 1. The van der Waals surface area contributed by atoms with Crippen LogP contribution in [0.3, 0.4) is 0 Å². The molecule has 0 spiro atoms. The van der Waals surface area contributed by atoms with Crippen LogP contribution < -0.4 is 11.1 Å². The van der Waals surface area contributed by atoms with Gasteiger partial charge >= 0.3 is 0 Å². The Hall–Kier alpha value is -2.98. The molecule has 1 aliphatic rings. The van der Waals surface area contributed by atoms with Gasteiger partial charge in [-0.15, -0.1) is 0 Å². The van der Waals surface area contributed by atoms with Gasteiger partial charge in [0.25, 0.3) is 5.91 Å². The average Bonchev–Trinajstić information content (AvgIpc) is 2.85. The number of amides is 1. The van der Waals surface area contributed by atoms with Crippen LogP contribution in [0.2, 0.25) is 0 Å². The van der Waals surface area contributed by atoms with Crippen LogP contribution in [0.1, 0.15) is 72.6 Å². The van der Waals surface area contributed by atoms with E-state index in [4.69, 9.17) is 5.73 Å². The van der Waals surface area contributed by atoms with Crippen molar-refractivity contribution < 1.29 is 23.1 Å². The number of carbonyl (C=O) groups excluding carboxylic acids is 1. The van der Waals surface area contributed by atoms with Crippen molar-refractivity contribution in [1.29, 1.82) is 0 Å². The Kier molecular flexibility index (Phi) is 8.49. The van der Waals surface area contributed by atoms with Crippen molar-refractivity contribution in [1.82, 2.24) is 15.3 Å². The number of rotatable bonds is 7. The first-order valence-electron chi connectivity index (χ1n) is 12.2. The van der Waals surface area contributed by atoms with Gasteiger partial charge in [0, 0.05) is 16.0 Å². The highest BCUT2D eigenvalue weighted by Gasteiger charge is 2.31. The molecule has 1 aromatic heterocycles. The largest absolute Gasteiger partial charge is 0.390 e. The molecule has 10 heteroatoms. The van der Waals surface area contributed by atoms with Gasteiger partial charge in [-0.25, -0.2) is 23.1 Å². The van der Waals surface area contributed by atoms with Crippen LogP contribution in [0.5, 0.6) is 0 Å². The number of carbonyl (C=O) groups is 1. The number of benzene rings is 2. The molecule has 1 aliphatic carbocycles. The molecule has 2 aromatic carbocycles. The van der Waals surface area contributed by atoms with E-state index in [0.717, 1.165) is 12.5 Å². The van der Waals surface area contributed by atoms with Crippen molar-refractivity contribution in [2.75, 3.05) is 5.73 Å². The predicted molar refractivity (Wildman–Crippen MR) is 139 cm³/mol. The van der Waals surface area contributed by atoms with Crippen LogP contribution >= 0.6 is 15.9 Å². The van der Waals surface area contributed by atoms with Gasteiger partial charge in [-0.2, -0.15) is 0 Å². The highest BCUT2D eigenvalue weighted by Crippen LogP contribution is 2.35. The minimum absolute atomic E-state index is 0.0766. The van der Waals surface area contributed by atoms with E-state index in [9.17, 15) is 18.7 Å². The standard InChI is InChI=1S/C27H28BrF3N4O2/c1-2-3-22(16-8-17(28)12-18(29)9-16)35-27(37)19-6-4-15(11-20(19)30)25-26(32)33-13-23(34-25)14-5-7-24(36)21(31)10-14/h4,6,8-9,11-14,21-22,24,36H,2-3,5,7,10H2,1H3,(H2,32,33)(H,35,37)/t14-,21-,22-,24-/m1/s1. The molecule has 1 fully saturated rings. The first-order valence-corrected chi connectivity index (χ1v) is 13.0. The molecule has 4 atom stereocenters. The minimum Gasteiger partial charge on any atom is -0.390 e. The molecule has 37 heavy (non-hydrogen) atoms. The summed E-state index contributed by atoms with van der Waals surface area (Å²) in [5.74, 6) is -2.01. The molecule has 196 valence electrons. The predicted octanol–water partition coefficient (Wildman–Crippen LogP) is 6.00. The molecule has 0 bridgehead atoms. The lowest BCUT2D eigenvalue weighted by atomic mass is 9.84. The summed E-state index contributed by atoms with van der Waals surface area (Å²) in [6.07, 6.45) is 1.39. The molecule has 6 nitrogen and oxygen atoms in total. The third-order valence-electron chi connectivity index (χ3n) is 6.63. The van der Waals surface area contributed by atoms with Gasteiger partial charge in [-0.3, -0.25) is 4.79 Å². The number of hydrogen-bond acceptors (Lipinski definition) is 5. The number of aromatic nitrogens is 2. The number of alkyl halides is 1. The lowest BCUT2D eigenvalue weighted by Crippen LogP contribution is -2.30. The molecular weight excluding hydrogens is 549 g/mol. The van der Waals surface area contributed by atoms with E-state index < -0.39 is 35.9 Å². The van der Waals surface area contributed by atoms with E-state index >= 15 is 4.39 Å². The Morgan fingerprint density at radius 2 is 2.03 bits per heavy atom. The molecule has 4 N–H and O–H groups in total. The van der Waals surface area contributed by atoms with Gasteiger partial charge in [-0.1, -0.05) is 35.3 Å². The first kappa shape index (κ1) is 27.1. The van der Waals surface area contributed by atoms with Crippen LogP contribution in [-0.4, -0.2) is 33.3 Å². The summed E-state index contributed by atoms with van der Waals surface area (Å²) in [7, 11) is 0. The molecule has 3 aromatic rings. The fraction of sp³-hybridized carbons (Fsp3) is 0.370. The summed E-state index contributed by atoms with van der Waals surface area (Å²) in [5, 5.41) is 12.5. The van der Waals surface area contributed by atoms with Crippen LogP contribution in [-0.2, 0) is 0 Å². The number of anilines is 1. The van der Waals surface area contributed by atoms with Crippen LogP contribution in [0.4, 0.5) is 19.0 Å². The van der Waals surface area contributed by atoms with Crippen LogP contribution in [0.25, 0.3) is 11.3 Å². The summed E-state index contributed by atoms with van der Waals surface area (Å²) >= 11 is 3.26. The fourth-order valence-corrected chi connectivity index (χ4v) is 5.14. The Balaban J connectivity index is 1.56.